The Labute approximate surface area is 180 Å². The van der Waals surface area contributed by atoms with E-state index in [-0.39, 0.29) is 10.8 Å². The minimum Gasteiger partial charge on any atom is -0.332 e. The first kappa shape index (κ1) is 21.3. The van der Waals surface area contributed by atoms with Gasteiger partial charge in [-0.1, -0.05) is 40.2 Å². The molecule has 0 aliphatic carbocycles. The zero-order valence-corrected chi connectivity index (χ0v) is 18.0. The number of nitrogens with one attached hydrogen (secondary N) is 2. The molecule has 29 heavy (non-hydrogen) atoms. The first-order valence-electron chi connectivity index (χ1n) is 8.68. The summed E-state index contributed by atoms with van der Waals surface area (Å²) >= 11 is 8.65. The second-order valence-electron chi connectivity index (χ2n) is 6.45. The van der Waals surface area contributed by atoms with Crippen LogP contribution in [0.4, 0.5) is 24.5 Å². The fourth-order valence-electron chi connectivity index (χ4n) is 2.90. The van der Waals surface area contributed by atoms with Crippen LogP contribution < -0.4 is 10.6 Å². The van der Waals surface area contributed by atoms with Gasteiger partial charge in [-0.3, -0.25) is 4.68 Å². The van der Waals surface area contributed by atoms with Gasteiger partial charge in [-0.25, -0.2) is 0 Å². The van der Waals surface area contributed by atoms with Crippen LogP contribution in [-0.2, 0) is 12.7 Å². The van der Waals surface area contributed by atoms with E-state index < -0.39 is 11.7 Å². The predicted octanol–water partition coefficient (Wildman–Crippen LogP) is 6.14. The molecule has 0 unspecified atom stereocenters. The van der Waals surface area contributed by atoms with Gasteiger partial charge >= 0.3 is 6.18 Å². The number of anilines is 2. The maximum Gasteiger partial charge on any atom is 0.418 e. The van der Waals surface area contributed by atoms with E-state index >= 15 is 0 Å². The Bertz CT molecular complexity index is 1030. The molecule has 4 nitrogen and oxygen atoms in total. The van der Waals surface area contributed by atoms with Gasteiger partial charge in [-0.15, -0.1) is 0 Å². The average Bonchev–Trinajstić information content (AvgIpc) is 2.90. The van der Waals surface area contributed by atoms with E-state index in [1.165, 1.54) is 18.2 Å². The number of para-hydroxylation sites is 1. The van der Waals surface area contributed by atoms with E-state index in [1.807, 2.05) is 42.8 Å². The highest BCUT2D eigenvalue weighted by molar-refractivity contribution is 9.10. The highest BCUT2D eigenvalue weighted by atomic mass is 79.9. The lowest BCUT2D eigenvalue weighted by molar-refractivity contribution is -0.136. The van der Waals surface area contributed by atoms with E-state index in [0.717, 1.165) is 21.8 Å². The van der Waals surface area contributed by atoms with Crippen molar-refractivity contribution in [3.63, 3.8) is 0 Å². The van der Waals surface area contributed by atoms with Crippen molar-refractivity contribution in [2.75, 3.05) is 10.6 Å². The lowest BCUT2D eigenvalue weighted by atomic mass is 10.1. The summed E-state index contributed by atoms with van der Waals surface area (Å²) in [5.41, 5.74) is 2.40. The van der Waals surface area contributed by atoms with Gasteiger partial charge in [-0.05, 0) is 55.9 Å². The van der Waals surface area contributed by atoms with Crippen molar-refractivity contribution in [1.29, 1.82) is 0 Å². The molecule has 0 atom stereocenters. The van der Waals surface area contributed by atoms with Crippen molar-refractivity contribution in [3.05, 3.63) is 75.5 Å². The van der Waals surface area contributed by atoms with Gasteiger partial charge in [-0.2, -0.15) is 18.3 Å². The zero-order chi connectivity index (χ0) is 21.2. The van der Waals surface area contributed by atoms with Crippen LogP contribution in [0.3, 0.4) is 0 Å². The molecule has 0 fully saturated rings. The molecule has 0 spiro atoms. The van der Waals surface area contributed by atoms with Crippen molar-refractivity contribution >= 4 is 44.6 Å². The largest absolute Gasteiger partial charge is 0.418 e. The minimum absolute atomic E-state index is 0.0658. The normalized spacial score (nSPS) is 11.4. The summed E-state index contributed by atoms with van der Waals surface area (Å²) in [5.74, 6) is 0. The third-order valence-corrected chi connectivity index (χ3v) is 5.08. The SMILES string of the molecule is Cc1nn(Cc2ccc(Br)cc2)c(C)c1NC(=S)Nc1ccccc1C(F)(F)F. The first-order valence-corrected chi connectivity index (χ1v) is 9.88. The first-order chi connectivity index (χ1) is 13.6. The molecule has 2 aromatic carbocycles. The number of aryl methyl sites for hydroxylation is 1. The molecule has 3 aromatic rings. The van der Waals surface area contributed by atoms with E-state index in [9.17, 15) is 13.2 Å². The summed E-state index contributed by atoms with van der Waals surface area (Å²) in [6.07, 6.45) is -4.47. The summed E-state index contributed by atoms with van der Waals surface area (Å²) in [7, 11) is 0. The Morgan fingerprint density at radius 1 is 1.07 bits per heavy atom. The second-order valence-corrected chi connectivity index (χ2v) is 7.78. The van der Waals surface area contributed by atoms with Crippen LogP contribution in [0.15, 0.2) is 53.0 Å². The maximum absolute atomic E-state index is 13.2. The summed E-state index contributed by atoms with van der Waals surface area (Å²) in [4.78, 5) is 0. The highest BCUT2D eigenvalue weighted by Crippen LogP contribution is 2.34. The number of aromatic nitrogens is 2. The zero-order valence-electron chi connectivity index (χ0n) is 15.6. The summed E-state index contributed by atoms with van der Waals surface area (Å²) < 4.78 is 42.3. The minimum atomic E-state index is -4.47. The van der Waals surface area contributed by atoms with Crippen LogP contribution in [0.5, 0.6) is 0 Å². The second kappa shape index (κ2) is 8.54. The maximum atomic E-state index is 13.2. The third-order valence-electron chi connectivity index (χ3n) is 4.35. The number of hydrogen-bond acceptors (Lipinski definition) is 2. The van der Waals surface area contributed by atoms with Crippen LogP contribution in [0.2, 0.25) is 0 Å². The van der Waals surface area contributed by atoms with E-state index in [4.69, 9.17) is 12.2 Å². The van der Waals surface area contributed by atoms with Crippen molar-refractivity contribution in [3.8, 4) is 0 Å². The van der Waals surface area contributed by atoms with Gasteiger partial charge < -0.3 is 10.6 Å². The number of thiocarbonyl (C=S) groups is 1. The lowest BCUT2D eigenvalue weighted by Gasteiger charge is -2.16. The quantitative estimate of drug-likeness (QED) is 0.438. The molecule has 0 amide bonds. The number of hydrogen-bond donors (Lipinski definition) is 2. The summed E-state index contributed by atoms with van der Waals surface area (Å²) in [5, 5.41) is 10.2. The molecule has 9 heteroatoms. The molecule has 1 heterocycles. The molecular weight excluding hydrogens is 465 g/mol. The number of benzene rings is 2. The van der Waals surface area contributed by atoms with Crippen LogP contribution in [0, 0.1) is 13.8 Å². The topological polar surface area (TPSA) is 41.9 Å². The van der Waals surface area contributed by atoms with Gasteiger partial charge in [0, 0.05) is 4.47 Å². The molecule has 1 aromatic heterocycles. The molecule has 0 radical (unpaired) electrons. The number of rotatable bonds is 4. The van der Waals surface area contributed by atoms with Crippen molar-refractivity contribution < 1.29 is 13.2 Å². The fourth-order valence-corrected chi connectivity index (χ4v) is 3.38. The third kappa shape index (κ3) is 5.16. The number of alkyl halides is 3. The Morgan fingerprint density at radius 3 is 2.38 bits per heavy atom. The van der Waals surface area contributed by atoms with Crippen LogP contribution in [-0.4, -0.2) is 14.9 Å². The van der Waals surface area contributed by atoms with Crippen LogP contribution >= 0.6 is 28.1 Å². The number of halogens is 4. The molecule has 2 N–H and O–H groups in total. The Hall–Kier alpha value is -2.39. The predicted molar refractivity (Wildman–Crippen MR) is 116 cm³/mol. The fraction of sp³-hybridized carbons (Fsp3) is 0.200. The van der Waals surface area contributed by atoms with Crippen molar-refractivity contribution in [1.82, 2.24) is 9.78 Å². The van der Waals surface area contributed by atoms with Gasteiger partial charge in [0.25, 0.3) is 0 Å². The summed E-state index contributed by atoms with van der Waals surface area (Å²) in [6.45, 7) is 4.27. The standard InChI is InChI=1S/C20H18BrF3N4S/c1-12-18(13(2)28(27-12)11-14-7-9-15(21)10-8-14)26-19(29)25-17-6-4-3-5-16(17)20(22,23)24/h3-10H,11H2,1-2H3,(H2,25,26,29). The molecular formula is C20H18BrF3N4S. The van der Waals surface area contributed by atoms with Crippen molar-refractivity contribution in [2.45, 2.75) is 26.6 Å². The molecule has 3 rings (SSSR count). The Balaban J connectivity index is 1.76. The highest BCUT2D eigenvalue weighted by Gasteiger charge is 2.33. The molecule has 0 bridgehead atoms. The molecule has 152 valence electrons. The lowest BCUT2D eigenvalue weighted by Crippen LogP contribution is -2.22. The summed E-state index contributed by atoms with van der Waals surface area (Å²) in [6, 6.07) is 13.1. The Kier molecular flexibility index (Phi) is 6.28. The van der Waals surface area contributed by atoms with Crippen molar-refractivity contribution in [2.24, 2.45) is 0 Å². The van der Waals surface area contributed by atoms with E-state index in [1.54, 1.807) is 0 Å². The van der Waals surface area contributed by atoms with Crippen LogP contribution in [0.1, 0.15) is 22.5 Å². The van der Waals surface area contributed by atoms with Gasteiger partial charge in [0.2, 0.25) is 0 Å². The van der Waals surface area contributed by atoms with E-state index in [0.29, 0.717) is 17.9 Å². The van der Waals surface area contributed by atoms with Gasteiger partial charge in [0.15, 0.2) is 5.11 Å². The van der Waals surface area contributed by atoms with Gasteiger partial charge in [0.1, 0.15) is 0 Å². The molecule has 0 aliphatic heterocycles. The smallest absolute Gasteiger partial charge is 0.332 e. The van der Waals surface area contributed by atoms with Crippen LogP contribution in [0.25, 0.3) is 0 Å². The Morgan fingerprint density at radius 2 is 1.72 bits per heavy atom. The average molecular weight is 483 g/mol. The molecule has 0 saturated heterocycles. The number of nitrogens with zero attached hydrogens (tertiary/aromatic N) is 2. The van der Waals surface area contributed by atoms with Gasteiger partial charge in [0.05, 0.1) is 34.9 Å². The monoisotopic (exact) mass is 482 g/mol. The van der Waals surface area contributed by atoms with E-state index in [2.05, 4.69) is 31.7 Å². The molecule has 0 aliphatic rings. The molecule has 0 saturated carbocycles.